The molecule has 0 bridgehead atoms. The second kappa shape index (κ2) is 17.4. The fourth-order valence-electron chi connectivity index (χ4n) is 8.59. The largest absolute Gasteiger partial charge is 0.233 e. The Morgan fingerprint density at radius 1 is 0.258 bits per heavy atom. The molecule has 11 aromatic rings. The molecule has 11 rings (SSSR count). The van der Waals surface area contributed by atoms with Crippen LogP contribution < -0.4 is 0 Å². The molecule has 0 unspecified atom stereocenters. The molecule has 66 heavy (non-hydrogen) atoms. The molecular formula is C59H41N7. The van der Waals surface area contributed by atoms with Crippen LogP contribution in [0, 0.1) is 13.8 Å². The van der Waals surface area contributed by atoms with Gasteiger partial charge >= 0.3 is 0 Å². The molecule has 0 atom stereocenters. The van der Waals surface area contributed by atoms with Gasteiger partial charge in [-0.15, -0.1) is 0 Å². The molecule has 0 spiro atoms. The highest BCUT2D eigenvalue weighted by Gasteiger charge is 2.20. The minimum Gasteiger partial charge on any atom is -0.233 e. The van der Waals surface area contributed by atoms with Crippen molar-refractivity contribution in [1.82, 2.24) is 34.9 Å². The molecule has 0 fully saturated rings. The Kier molecular flexibility index (Phi) is 10.5. The summed E-state index contributed by atoms with van der Waals surface area (Å²) in [6.07, 6.45) is 0. The number of aromatic nitrogens is 7. The first-order valence-electron chi connectivity index (χ1n) is 22.0. The summed E-state index contributed by atoms with van der Waals surface area (Å²) in [6, 6.07) is 72.6. The van der Waals surface area contributed by atoms with Gasteiger partial charge in [0, 0.05) is 50.3 Å². The number of benzene rings is 8. The van der Waals surface area contributed by atoms with Crippen molar-refractivity contribution in [1.29, 1.82) is 0 Å². The average Bonchev–Trinajstić information content (AvgIpc) is 3.38. The van der Waals surface area contributed by atoms with Crippen LogP contribution in [0.2, 0.25) is 0 Å². The molecule has 0 aliphatic carbocycles. The van der Waals surface area contributed by atoms with Crippen LogP contribution in [0.4, 0.5) is 0 Å². The molecule has 0 aliphatic rings. The van der Waals surface area contributed by atoms with Crippen molar-refractivity contribution in [2.45, 2.75) is 13.8 Å². The van der Waals surface area contributed by atoms with E-state index < -0.39 is 0 Å². The Labute approximate surface area is 383 Å². The van der Waals surface area contributed by atoms with E-state index in [1.165, 1.54) is 0 Å². The molecule has 0 radical (unpaired) electrons. The van der Waals surface area contributed by atoms with Gasteiger partial charge in [-0.05, 0) is 65.1 Å². The van der Waals surface area contributed by atoms with Crippen molar-refractivity contribution < 1.29 is 0 Å². The Morgan fingerprint density at radius 3 is 1.36 bits per heavy atom. The molecular weight excluding hydrogens is 807 g/mol. The maximum atomic E-state index is 5.14. The van der Waals surface area contributed by atoms with E-state index in [0.717, 1.165) is 94.7 Å². The quantitative estimate of drug-likeness (QED) is 0.143. The van der Waals surface area contributed by atoms with Crippen LogP contribution in [-0.4, -0.2) is 34.9 Å². The highest BCUT2D eigenvalue weighted by atomic mass is 15.0. The van der Waals surface area contributed by atoms with Crippen LogP contribution in [0.15, 0.2) is 212 Å². The van der Waals surface area contributed by atoms with Crippen LogP contribution in [0.3, 0.4) is 0 Å². The molecule has 8 aromatic carbocycles. The lowest BCUT2D eigenvalue weighted by atomic mass is 9.90. The normalized spacial score (nSPS) is 11.2. The van der Waals surface area contributed by atoms with Crippen LogP contribution in [0.1, 0.15) is 11.4 Å². The first-order chi connectivity index (χ1) is 32.5. The zero-order chi connectivity index (χ0) is 44.4. The highest BCUT2D eigenvalue weighted by Crippen LogP contribution is 2.41. The first kappa shape index (κ1) is 40.0. The average molecular weight is 848 g/mol. The van der Waals surface area contributed by atoms with E-state index >= 15 is 0 Å². The molecule has 0 amide bonds. The third-order valence-electron chi connectivity index (χ3n) is 11.7. The van der Waals surface area contributed by atoms with Gasteiger partial charge in [0.15, 0.2) is 29.1 Å². The first-order valence-corrected chi connectivity index (χ1v) is 22.0. The highest BCUT2D eigenvalue weighted by molar-refractivity contribution is 5.96. The van der Waals surface area contributed by atoms with Gasteiger partial charge in [-0.3, -0.25) is 0 Å². The van der Waals surface area contributed by atoms with Crippen molar-refractivity contribution >= 4 is 10.8 Å². The van der Waals surface area contributed by atoms with E-state index in [-0.39, 0.29) is 0 Å². The van der Waals surface area contributed by atoms with E-state index in [0.29, 0.717) is 29.1 Å². The number of nitrogens with zero attached hydrogens (tertiary/aromatic N) is 7. The molecule has 7 heteroatoms. The Bertz CT molecular complexity index is 3460. The minimum atomic E-state index is 0.595. The maximum Gasteiger partial charge on any atom is 0.164 e. The summed E-state index contributed by atoms with van der Waals surface area (Å²) in [6.45, 7) is 4.04. The second-order valence-corrected chi connectivity index (χ2v) is 16.3. The minimum absolute atomic E-state index is 0.595. The fraction of sp³-hybridized carbons (Fsp3) is 0.0339. The van der Waals surface area contributed by atoms with Gasteiger partial charge in [0.05, 0.1) is 11.4 Å². The van der Waals surface area contributed by atoms with Crippen LogP contribution in [0.5, 0.6) is 0 Å². The lowest BCUT2D eigenvalue weighted by Gasteiger charge is -2.17. The van der Waals surface area contributed by atoms with Crippen molar-refractivity contribution in [3.63, 3.8) is 0 Å². The molecule has 0 saturated heterocycles. The maximum absolute atomic E-state index is 5.14. The molecule has 7 nitrogen and oxygen atoms in total. The van der Waals surface area contributed by atoms with E-state index in [2.05, 4.69) is 127 Å². The van der Waals surface area contributed by atoms with Crippen LogP contribution in [-0.2, 0) is 0 Å². The summed E-state index contributed by atoms with van der Waals surface area (Å²) in [4.78, 5) is 35.5. The molecule has 0 N–H and O–H groups in total. The predicted molar refractivity (Wildman–Crippen MR) is 267 cm³/mol. The van der Waals surface area contributed by atoms with Gasteiger partial charge in [0.25, 0.3) is 0 Å². The Balaban J connectivity index is 1.03. The van der Waals surface area contributed by atoms with E-state index in [1.54, 1.807) is 0 Å². The second-order valence-electron chi connectivity index (χ2n) is 16.3. The molecule has 0 saturated carbocycles. The van der Waals surface area contributed by atoms with Gasteiger partial charge in [0.2, 0.25) is 0 Å². The van der Waals surface area contributed by atoms with Crippen molar-refractivity contribution in [2.75, 3.05) is 0 Å². The third-order valence-corrected chi connectivity index (χ3v) is 11.7. The number of rotatable bonds is 9. The summed E-state index contributed by atoms with van der Waals surface area (Å²) >= 11 is 0. The lowest BCUT2D eigenvalue weighted by molar-refractivity contribution is 1.06. The van der Waals surface area contributed by atoms with Crippen molar-refractivity contribution in [3.05, 3.63) is 224 Å². The summed E-state index contributed by atoms with van der Waals surface area (Å²) in [7, 11) is 0. The number of hydrogen-bond donors (Lipinski definition) is 0. The van der Waals surface area contributed by atoms with E-state index in [9.17, 15) is 0 Å². The molecule has 3 heterocycles. The molecule has 312 valence electrons. The number of aryl methyl sites for hydroxylation is 2. The lowest BCUT2D eigenvalue weighted by Crippen LogP contribution is -2.01. The zero-order valence-electron chi connectivity index (χ0n) is 36.3. The van der Waals surface area contributed by atoms with Gasteiger partial charge in [-0.2, -0.15) is 0 Å². The smallest absolute Gasteiger partial charge is 0.164 e. The summed E-state index contributed by atoms with van der Waals surface area (Å²) in [5, 5.41) is 2.22. The molecule has 0 aliphatic heterocycles. The number of fused-ring (bicyclic) bond motifs is 1. The summed E-state index contributed by atoms with van der Waals surface area (Å²) in [5.74, 6) is 3.17. The van der Waals surface area contributed by atoms with Gasteiger partial charge in [-0.25, -0.2) is 34.9 Å². The SMILES string of the molecule is Cc1cc(C)nc(-c2c(-c3ccc(-c4nc(-c5ccccc5)nc(-c5cccc6ccccc56)n4)cc3)cccc2-c2cccc(-c3cc(-c4ccccc4)nc(-c4ccccc4)n3)c2)n1. The summed E-state index contributed by atoms with van der Waals surface area (Å²) in [5.41, 5.74) is 14.2. The Hall–Kier alpha value is -8.81. The standard InChI is InChI=1S/C59H41N7/c1-38-35-39(2)61-59(60-38)54-49(28-16-29-50(54)46-25-14-26-47(36-46)53-37-52(42-18-6-3-7-19-42)62-55(63-53)43-20-8-4-9-21-43)41-31-33-45(34-32-41)57-64-56(44-22-10-5-11-23-44)65-58(66-57)51-30-15-24-40-17-12-13-27-48(40)51/h3-37H,1-2H3. The van der Waals surface area contributed by atoms with Gasteiger partial charge < -0.3 is 0 Å². The van der Waals surface area contributed by atoms with Crippen LogP contribution in [0.25, 0.3) is 112 Å². The monoisotopic (exact) mass is 847 g/mol. The predicted octanol–water partition coefficient (Wildman–Crippen LogP) is 14.2. The third kappa shape index (κ3) is 8.02. The van der Waals surface area contributed by atoms with E-state index in [1.807, 2.05) is 98.8 Å². The topological polar surface area (TPSA) is 90.2 Å². The van der Waals surface area contributed by atoms with Crippen molar-refractivity contribution in [2.24, 2.45) is 0 Å². The van der Waals surface area contributed by atoms with E-state index in [4.69, 9.17) is 34.9 Å². The van der Waals surface area contributed by atoms with Crippen LogP contribution >= 0.6 is 0 Å². The number of hydrogen-bond acceptors (Lipinski definition) is 7. The summed E-state index contributed by atoms with van der Waals surface area (Å²) < 4.78 is 0. The Morgan fingerprint density at radius 2 is 0.697 bits per heavy atom. The van der Waals surface area contributed by atoms with Gasteiger partial charge in [0.1, 0.15) is 0 Å². The molecule has 3 aromatic heterocycles. The van der Waals surface area contributed by atoms with Gasteiger partial charge in [-0.1, -0.05) is 194 Å². The zero-order valence-corrected chi connectivity index (χ0v) is 36.3. The fourth-order valence-corrected chi connectivity index (χ4v) is 8.59. The van der Waals surface area contributed by atoms with Crippen molar-refractivity contribution in [3.8, 4) is 102 Å².